The molecule has 0 amide bonds. The summed E-state index contributed by atoms with van der Waals surface area (Å²) in [6, 6.07) is 10.6. The first-order chi connectivity index (χ1) is 9.75. The van der Waals surface area contributed by atoms with Crippen molar-refractivity contribution in [2.45, 2.75) is 24.7 Å². The van der Waals surface area contributed by atoms with E-state index in [0.717, 1.165) is 11.3 Å². The minimum atomic E-state index is 0.363. The molecule has 2 aromatic rings. The van der Waals surface area contributed by atoms with E-state index in [1.807, 2.05) is 0 Å². The maximum absolute atomic E-state index is 5.58. The number of rotatable bonds is 2. The van der Waals surface area contributed by atoms with Gasteiger partial charge in [-0.3, -0.25) is 0 Å². The first-order valence-corrected chi connectivity index (χ1v) is 7.31. The Morgan fingerprint density at radius 1 is 1.05 bits per heavy atom. The van der Waals surface area contributed by atoms with E-state index in [0.29, 0.717) is 11.3 Å². The van der Waals surface area contributed by atoms with Crippen LogP contribution in [-0.4, -0.2) is 29.7 Å². The maximum Gasteiger partial charge on any atom is 0.222 e. The van der Waals surface area contributed by atoms with Crippen LogP contribution in [0.1, 0.15) is 24.8 Å². The molecule has 3 aliphatic rings. The third-order valence-corrected chi connectivity index (χ3v) is 5.04. The van der Waals surface area contributed by atoms with Crippen LogP contribution in [0, 0.1) is 0 Å². The van der Waals surface area contributed by atoms with Gasteiger partial charge >= 0.3 is 0 Å². The van der Waals surface area contributed by atoms with Gasteiger partial charge in [-0.2, -0.15) is 0 Å². The van der Waals surface area contributed by atoms with E-state index in [9.17, 15) is 0 Å². The molecule has 3 aliphatic heterocycles. The summed E-state index contributed by atoms with van der Waals surface area (Å²) in [6.45, 7) is 3.75. The van der Waals surface area contributed by atoms with E-state index in [1.54, 1.807) is 6.07 Å². The van der Waals surface area contributed by atoms with Crippen LogP contribution in [0.4, 0.5) is 5.88 Å². The zero-order valence-electron chi connectivity index (χ0n) is 11.5. The van der Waals surface area contributed by atoms with Crippen LogP contribution in [0.15, 0.2) is 34.9 Å². The summed E-state index contributed by atoms with van der Waals surface area (Å²) in [6.07, 6.45) is 3.88. The average Bonchev–Trinajstić information content (AvgIpc) is 2.96. The van der Waals surface area contributed by atoms with Gasteiger partial charge in [-0.1, -0.05) is 29.4 Å². The van der Waals surface area contributed by atoms with Crippen molar-refractivity contribution in [3.05, 3.63) is 35.9 Å². The fourth-order valence-electron chi connectivity index (χ4n) is 3.68. The second kappa shape index (κ2) is 4.35. The lowest BCUT2D eigenvalue weighted by atomic mass is 9.67. The Morgan fingerprint density at radius 2 is 1.70 bits per heavy atom. The molecular formula is C16H19N3O. The van der Waals surface area contributed by atoms with Crippen molar-refractivity contribution in [3.8, 4) is 11.3 Å². The average molecular weight is 269 g/mol. The molecule has 20 heavy (non-hydrogen) atoms. The van der Waals surface area contributed by atoms with Crippen LogP contribution >= 0.6 is 0 Å². The summed E-state index contributed by atoms with van der Waals surface area (Å²) in [5.74, 6) is 0.363. The Hall–Kier alpha value is -1.81. The van der Waals surface area contributed by atoms with Gasteiger partial charge in [-0.25, -0.2) is 0 Å². The van der Waals surface area contributed by atoms with Gasteiger partial charge in [0.15, 0.2) is 0 Å². The Bertz CT molecular complexity index is 595. The number of fused-ring (bicyclic) bond motifs is 3. The number of anilines is 1. The molecule has 104 valence electrons. The van der Waals surface area contributed by atoms with Crippen LogP contribution in [0.3, 0.4) is 0 Å². The predicted molar refractivity (Wildman–Crippen MR) is 78.3 cm³/mol. The first kappa shape index (κ1) is 12.0. The van der Waals surface area contributed by atoms with Gasteiger partial charge < -0.3 is 15.2 Å². The lowest BCUT2D eigenvalue weighted by Gasteiger charge is -2.48. The number of nitrogens with zero attached hydrogens (tertiary/aromatic N) is 2. The van der Waals surface area contributed by atoms with Crippen LogP contribution in [0.2, 0.25) is 0 Å². The van der Waals surface area contributed by atoms with Crippen LogP contribution < -0.4 is 5.73 Å². The van der Waals surface area contributed by atoms with Crippen LogP contribution in [0.25, 0.3) is 11.3 Å². The van der Waals surface area contributed by atoms with Gasteiger partial charge in [0, 0.05) is 11.6 Å². The number of hydrogen-bond donors (Lipinski definition) is 1. The predicted octanol–water partition coefficient (Wildman–Crippen LogP) is 2.66. The Kier molecular flexibility index (Phi) is 2.60. The van der Waals surface area contributed by atoms with Crippen LogP contribution in [0.5, 0.6) is 0 Å². The van der Waals surface area contributed by atoms with Crippen molar-refractivity contribution >= 4 is 5.88 Å². The zero-order chi connectivity index (χ0) is 13.6. The summed E-state index contributed by atoms with van der Waals surface area (Å²) in [7, 11) is 0. The second-order valence-corrected chi connectivity index (χ2v) is 6.06. The summed E-state index contributed by atoms with van der Waals surface area (Å²) in [4.78, 5) is 2.58. The van der Waals surface area contributed by atoms with Crippen molar-refractivity contribution in [2.75, 3.05) is 25.4 Å². The molecule has 0 spiro atoms. The van der Waals surface area contributed by atoms with Crippen molar-refractivity contribution < 1.29 is 4.52 Å². The molecule has 4 heteroatoms. The van der Waals surface area contributed by atoms with Gasteiger partial charge in [-0.15, -0.1) is 0 Å². The highest BCUT2D eigenvalue weighted by Crippen LogP contribution is 2.43. The number of hydrogen-bond acceptors (Lipinski definition) is 4. The molecule has 5 rings (SSSR count). The quantitative estimate of drug-likeness (QED) is 0.910. The molecule has 4 nitrogen and oxygen atoms in total. The molecule has 0 radical (unpaired) electrons. The van der Waals surface area contributed by atoms with E-state index in [-0.39, 0.29) is 0 Å². The topological polar surface area (TPSA) is 55.3 Å². The third kappa shape index (κ3) is 1.83. The summed E-state index contributed by atoms with van der Waals surface area (Å²) in [5.41, 5.74) is 9.35. The molecule has 2 N–H and O–H groups in total. The van der Waals surface area contributed by atoms with Gasteiger partial charge in [0.05, 0.1) is 0 Å². The highest BCUT2D eigenvalue weighted by Gasteiger charge is 2.40. The van der Waals surface area contributed by atoms with Crippen molar-refractivity contribution in [2.24, 2.45) is 0 Å². The molecule has 3 saturated heterocycles. The number of nitrogens with two attached hydrogens (primary N) is 1. The smallest absolute Gasteiger partial charge is 0.222 e. The fourth-order valence-corrected chi connectivity index (χ4v) is 3.68. The Balaban J connectivity index is 1.64. The van der Waals surface area contributed by atoms with E-state index < -0.39 is 0 Å². The van der Waals surface area contributed by atoms with E-state index in [2.05, 4.69) is 34.3 Å². The molecular weight excluding hydrogens is 250 g/mol. The van der Waals surface area contributed by atoms with E-state index >= 15 is 0 Å². The molecule has 0 aliphatic carbocycles. The number of aromatic nitrogens is 1. The number of benzene rings is 1. The minimum Gasteiger partial charge on any atom is -0.368 e. The van der Waals surface area contributed by atoms with Crippen molar-refractivity contribution in [1.82, 2.24) is 10.1 Å². The van der Waals surface area contributed by atoms with Gasteiger partial charge in [0.2, 0.25) is 5.88 Å². The van der Waals surface area contributed by atoms with Gasteiger partial charge in [0.1, 0.15) is 5.69 Å². The highest BCUT2D eigenvalue weighted by molar-refractivity contribution is 5.61. The largest absolute Gasteiger partial charge is 0.368 e. The maximum atomic E-state index is 5.58. The van der Waals surface area contributed by atoms with Crippen molar-refractivity contribution in [1.29, 1.82) is 0 Å². The molecule has 1 aromatic heterocycles. The summed E-state index contributed by atoms with van der Waals surface area (Å²) < 4.78 is 4.94. The first-order valence-electron chi connectivity index (χ1n) is 7.31. The van der Waals surface area contributed by atoms with Crippen LogP contribution in [-0.2, 0) is 5.41 Å². The highest BCUT2D eigenvalue weighted by atomic mass is 16.5. The standard InChI is InChI=1S/C16H19N3O/c17-15-11-14(18-20-15)12-1-3-13(4-2-12)16-5-8-19(9-6-16)10-7-16/h1-4,11H,5-10,17H2. The minimum absolute atomic E-state index is 0.363. The van der Waals surface area contributed by atoms with E-state index in [4.69, 9.17) is 10.3 Å². The lowest BCUT2D eigenvalue weighted by molar-refractivity contribution is 0.0818. The SMILES string of the molecule is Nc1cc(-c2ccc(C34CCN(CC3)CC4)cc2)no1. The summed E-state index contributed by atoms with van der Waals surface area (Å²) >= 11 is 0. The van der Waals surface area contributed by atoms with Gasteiger partial charge in [0.25, 0.3) is 0 Å². The molecule has 1 aromatic carbocycles. The Labute approximate surface area is 118 Å². The normalized spacial score (nSPS) is 28.7. The molecule has 0 saturated carbocycles. The number of piperidine rings is 3. The molecule has 3 fully saturated rings. The number of nitrogen functional groups attached to an aromatic ring is 1. The molecule has 0 unspecified atom stereocenters. The monoisotopic (exact) mass is 269 g/mol. The lowest BCUT2D eigenvalue weighted by Crippen LogP contribution is -2.50. The zero-order valence-corrected chi connectivity index (χ0v) is 11.5. The second-order valence-electron chi connectivity index (χ2n) is 6.06. The van der Waals surface area contributed by atoms with E-state index in [1.165, 1.54) is 44.5 Å². The fraction of sp³-hybridized carbons (Fsp3) is 0.438. The third-order valence-electron chi connectivity index (χ3n) is 5.04. The summed E-state index contributed by atoms with van der Waals surface area (Å²) in [5, 5.41) is 3.97. The molecule has 0 atom stereocenters. The van der Waals surface area contributed by atoms with Gasteiger partial charge in [-0.05, 0) is 49.9 Å². The Morgan fingerprint density at radius 3 is 2.25 bits per heavy atom. The van der Waals surface area contributed by atoms with Crippen molar-refractivity contribution in [3.63, 3.8) is 0 Å². The molecule has 4 heterocycles. The molecule has 2 bridgehead atoms.